The van der Waals surface area contributed by atoms with Crippen molar-refractivity contribution in [1.82, 2.24) is 0 Å². The molecule has 31 heavy (non-hydrogen) atoms. The number of hydrogen-bond acceptors (Lipinski definition) is 2. The van der Waals surface area contributed by atoms with Crippen molar-refractivity contribution in [2.75, 3.05) is 0 Å². The summed E-state index contributed by atoms with van der Waals surface area (Å²) < 4.78 is 13.2. The van der Waals surface area contributed by atoms with Crippen LogP contribution in [0, 0.1) is 5.82 Å². The Labute approximate surface area is 177 Å². The zero-order valence-corrected chi connectivity index (χ0v) is 16.2. The van der Waals surface area contributed by atoms with E-state index in [1.165, 1.54) is 18.2 Å². The molecule has 4 aromatic carbocycles. The lowest BCUT2D eigenvalue weighted by molar-refractivity contribution is 0.0687. The van der Waals surface area contributed by atoms with Crippen LogP contribution in [0.25, 0.3) is 34.1 Å². The standard InChI is InChI=1S/C26H17FO4/c27-21-10-7-17(8-11-21)18-9-13-23(25(28)29)20(15-18)6-4-16-5-12-22-19(14-16)2-1-3-24(22)26(30)31/h1-15H,(H,28,29)(H,30,31). The van der Waals surface area contributed by atoms with Crippen molar-refractivity contribution in [1.29, 1.82) is 0 Å². The molecule has 4 aromatic rings. The molecule has 4 nitrogen and oxygen atoms in total. The number of benzene rings is 4. The first-order valence-electron chi connectivity index (χ1n) is 9.50. The van der Waals surface area contributed by atoms with Crippen LogP contribution in [-0.2, 0) is 0 Å². The van der Waals surface area contributed by atoms with Crippen molar-refractivity contribution in [2.45, 2.75) is 0 Å². The minimum atomic E-state index is -1.05. The number of hydrogen-bond donors (Lipinski definition) is 2. The molecule has 2 N–H and O–H groups in total. The average Bonchev–Trinajstić information content (AvgIpc) is 2.77. The second-order valence-corrected chi connectivity index (χ2v) is 7.04. The van der Waals surface area contributed by atoms with Gasteiger partial charge in [-0.2, -0.15) is 0 Å². The van der Waals surface area contributed by atoms with Crippen LogP contribution in [0.1, 0.15) is 31.8 Å². The third-order valence-corrected chi connectivity index (χ3v) is 5.05. The van der Waals surface area contributed by atoms with Gasteiger partial charge in [-0.15, -0.1) is 0 Å². The number of carboxylic acids is 2. The molecule has 0 unspecified atom stereocenters. The maximum Gasteiger partial charge on any atom is 0.336 e. The van der Waals surface area contributed by atoms with E-state index in [0.29, 0.717) is 10.9 Å². The number of carbonyl (C=O) groups is 2. The highest BCUT2D eigenvalue weighted by Crippen LogP contribution is 2.26. The average molecular weight is 412 g/mol. The monoisotopic (exact) mass is 412 g/mol. The number of rotatable bonds is 5. The fourth-order valence-electron chi connectivity index (χ4n) is 3.50. The molecule has 152 valence electrons. The van der Waals surface area contributed by atoms with Gasteiger partial charge in [0.15, 0.2) is 0 Å². The highest BCUT2D eigenvalue weighted by molar-refractivity contribution is 6.04. The van der Waals surface area contributed by atoms with Crippen LogP contribution in [0.4, 0.5) is 4.39 Å². The zero-order valence-electron chi connectivity index (χ0n) is 16.2. The van der Waals surface area contributed by atoms with E-state index in [1.54, 1.807) is 60.7 Å². The number of aromatic carboxylic acids is 2. The van der Waals surface area contributed by atoms with E-state index in [-0.39, 0.29) is 16.9 Å². The summed E-state index contributed by atoms with van der Waals surface area (Å²) in [5.74, 6) is -2.37. The fraction of sp³-hybridized carbons (Fsp3) is 0. The molecular formula is C26H17FO4. The zero-order chi connectivity index (χ0) is 22.0. The number of halogens is 1. The molecule has 4 rings (SSSR count). The summed E-state index contributed by atoms with van der Waals surface area (Å²) in [6, 6.07) is 21.4. The Morgan fingerprint density at radius 2 is 1.42 bits per heavy atom. The number of carboxylic acid groups (broad SMARTS) is 2. The Morgan fingerprint density at radius 1 is 0.710 bits per heavy atom. The third-order valence-electron chi connectivity index (χ3n) is 5.05. The first kappa shape index (κ1) is 20.0. The minimum absolute atomic E-state index is 0.149. The second-order valence-electron chi connectivity index (χ2n) is 7.04. The van der Waals surface area contributed by atoms with E-state index in [1.807, 2.05) is 12.1 Å². The van der Waals surface area contributed by atoms with Crippen LogP contribution in [0.15, 0.2) is 78.9 Å². The van der Waals surface area contributed by atoms with Crippen molar-refractivity contribution in [3.05, 3.63) is 107 Å². The molecule has 0 aromatic heterocycles. The van der Waals surface area contributed by atoms with Gasteiger partial charge >= 0.3 is 11.9 Å². The molecular weight excluding hydrogens is 395 g/mol. The Bertz CT molecular complexity index is 1340. The summed E-state index contributed by atoms with van der Waals surface area (Å²) in [4.78, 5) is 23.1. The van der Waals surface area contributed by atoms with Crippen LogP contribution in [0.3, 0.4) is 0 Å². The lowest BCUT2D eigenvalue weighted by atomic mass is 9.97. The smallest absolute Gasteiger partial charge is 0.336 e. The van der Waals surface area contributed by atoms with Crippen molar-refractivity contribution in [3.63, 3.8) is 0 Å². The van der Waals surface area contributed by atoms with Gasteiger partial charge < -0.3 is 10.2 Å². The molecule has 0 aliphatic heterocycles. The van der Waals surface area contributed by atoms with Crippen molar-refractivity contribution in [2.24, 2.45) is 0 Å². The first-order chi connectivity index (χ1) is 14.9. The van der Waals surface area contributed by atoms with E-state index < -0.39 is 11.9 Å². The van der Waals surface area contributed by atoms with Gasteiger partial charge in [-0.25, -0.2) is 14.0 Å². The topological polar surface area (TPSA) is 74.6 Å². The number of fused-ring (bicyclic) bond motifs is 1. The van der Waals surface area contributed by atoms with E-state index >= 15 is 0 Å². The summed E-state index contributed by atoms with van der Waals surface area (Å²) in [5, 5.41) is 20.3. The molecule has 0 fully saturated rings. The normalized spacial score (nSPS) is 11.1. The van der Waals surface area contributed by atoms with E-state index in [4.69, 9.17) is 0 Å². The highest BCUT2D eigenvalue weighted by atomic mass is 19.1. The van der Waals surface area contributed by atoms with Crippen molar-refractivity contribution < 1.29 is 24.2 Å². The Balaban J connectivity index is 1.73. The molecule has 5 heteroatoms. The van der Waals surface area contributed by atoms with Crippen LogP contribution < -0.4 is 0 Å². The quantitative estimate of drug-likeness (QED) is 0.382. The highest BCUT2D eigenvalue weighted by Gasteiger charge is 2.11. The fourth-order valence-corrected chi connectivity index (χ4v) is 3.50. The molecule has 0 heterocycles. The van der Waals surface area contributed by atoms with E-state index in [0.717, 1.165) is 22.1 Å². The molecule has 0 spiro atoms. The molecule has 0 radical (unpaired) electrons. The predicted molar refractivity (Wildman–Crippen MR) is 119 cm³/mol. The third kappa shape index (κ3) is 4.21. The van der Waals surface area contributed by atoms with Gasteiger partial charge in [-0.1, -0.05) is 54.6 Å². The minimum Gasteiger partial charge on any atom is -0.478 e. The molecule has 0 amide bonds. The summed E-state index contributed by atoms with van der Waals surface area (Å²) >= 11 is 0. The second kappa shape index (κ2) is 8.24. The van der Waals surface area contributed by atoms with Crippen molar-refractivity contribution >= 4 is 34.9 Å². The summed E-state index contributed by atoms with van der Waals surface area (Å²) in [7, 11) is 0. The molecule has 0 aliphatic carbocycles. The van der Waals surface area contributed by atoms with Gasteiger partial charge in [0.05, 0.1) is 11.1 Å². The molecule has 0 saturated heterocycles. The Hall–Kier alpha value is -4.25. The van der Waals surface area contributed by atoms with Crippen molar-refractivity contribution in [3.8, 4) is 11.1 Å². The van der Waals surface area contributed by atoms with Crippen LogP contribution in [-0.4, -0.2) is 22.2 Å². The molecule has 0 bridgehead atoms. The SMILES string of the molecule is O=C(O)c1ccc(-c2ccc(F)cc2)cc1C=Cc1ccc2c(C(=O)O)cccc2c1. The Kier molecular flexibility index (Phi) is 5.33. The van der Waals surface area contributed by atoms with E-state index in [9.17, 15) is 24.2 Å². The van der Waals surface area contributed by atoms with Gasteiger partial charge in [0, 0.05) is 0 Å². The van der Waals surface area contributed by atoms with Crippen LogP contribution >= 0.6 is 0 Å². The molecule has 0 atom stereocenters. The van der Waals surface area contributed by atoms with Gasteiger partial charge in [0.25, 0.3) is 0 Å². The molecule has 0 aliphatic rings. The van der Waals surface area contributed by atoms with Gasteiger partial charge in [0.2, 0.25) is 0 Å². The van der Waals surface area contributed by atoms with Crippen LogP contribution in [0.5, 0.6) is 0 Å². The maximum atomic E-state index is 13.2. The van der Waals surface area contributed by atoms with Gasteiger partial charge in [-0.05, 0) is 69.4 Å². The van der Waals surface area contributed by atoms with Gasteiger partial charge in [-0.3, -0.25) is 0 Å². The first-order valence-corrected chi connectivity index (χ1v) is 9.50. The predicted octanol–water partition coefficient (Wildman–Crippen LogP) is 6.21. The van der Waals surface area contributed by atoms with Gasteiger partial charge in [0.1, 0.15) is 5.82 Å². The van der Waals surface area contributed by atoms with E-state index in [2.05, 4.69) is 0 Å². The largest absolute Gasteiger partial charge is 0.478 e. The summed E-state index contributed by atoms with van der Waals surface area (Å²) in [5.41, 5.74) is 3.24. The summed E-state index contributed by atoms with van der Waals surface area (Å²) in [6.07, 6.45) is 3.49. The summed E-state index contributed by atoms with van der Waals surface area (Å²) in [6.45, 7) is 0. The maximum absolute atomic E-state index is 13.2. The lowest BCUT2D eigenvalue weighted by Crippen LogP contribution is -1.99. The molecule has 0 saturated carbocycles. The Morgan fingerprint density at radius 3 is 2.13 bits per heavy atom. The van der Waals surface area contributed by atoms with Crippen LogP contribution in [0.2, 0.25) is 0 Å². The lowest BCUT2D eigenvalue weighted by Gasteiger charge is -2.07.